The Bertz CT molecular complexity index is 1160. The summed E-state index contributed by atoms with van der Waals surface area (Å²) < 4.78 is 2.51. The van der Waals surface area contributed by atoms with Gasteiger partial charge in [-0.25, -0.2) is 9.97 Å². The minimum atomic E-state index is 0.817. The molecule has 1 saturated carbocycles. The summed E-state index contributed by atoms with van der Waals surface area (Å²) in [4.78, 5) is 15.1. The van der Waals surface area contributed by atoms with Crippen LogP contribution < -0.4 is 4.90 Å². The third-order valence-corrected chi connectivity index (χ3v) is 7.36. The molecule has 5 rings (SSSR count). The van der Waals surface area contributed by atoms with Crippen LogP contribution in [0.1, 0.15) is 59.5 Å². The van der Waals surface area contributed by atoms with Gasteiger partial charge in [0.05, 0.1) is 11.1 Å². The highest BCUT2D eigenvalue weighted by molar-refractivity contribution is 5.94. The first kappa shape index (κ1) is 22.4. The Morgan fingerprint density at radius 1 is 0.939 bits per heavy atom. The van der Waals surface area contributed by atoms with E-state index in [1.165, 1.54) is 70.5 Å². The summed E-state index contributed by atoms with van der Waals surface area (Å²) in [6.45, 7) is 11.9. The molecular formula is C28H39N5. The van der Waals surface area contributed by atoms with Crippen LogP contribution in [0, 0.1) is 33.6 Å². The van der Waals surface area contributed by atoms with Crippen molar-refractivity contribution < 1.29 is 0 Å². The predicted octanol–water partition coefficient (Wildman–Crippen LogP) is 5.31. The van der Waals surface area contributed by atoms with Crippen LogP contribution >= 0.6 is 0 Å². The number of nitrogens with zero attached hydrogens (tertiary/aromatic N) is 5. The van der Waals surface area contributed by atoms with Crippen LogP contribution in [0.25, 0.3) is 16.7 Å². The smallest absolute Gasteiger partial charge is 0.150 e. The monoisotopic (exact) mass is 445 g/mol. The van der Waals surface area contributed by atoms with Crippen LogP contribution in [-0.2, 0) is 12.8 Å². The molecule has 33 heavy (non-hydrogen) atoms. The largest absolute Gasteiger partial charge is 0.354 e. The van der Waals surface area contributed by atoms with E-state index in [1.54, 1.807) is 0 Å². The standard InChI is InChI=1S/C28H39N5/c1-18-15-19(2)26(20(3)16-18)33-24-10-8-7-9-23(24)25-27(29-21(4)30-28(25)33)32(14-13-31(5)6)17-22-11-12-22/h15-16,22H,7-14,17H2,1-6H3. The van der Waals surface area contributed by atoms with E-state index >= 15 is 0 Å². The Balaban J connectivity index is 1.76. The van der Waals surface area contributed by atoms with E-state index in [0.717, 1.165) is 49.9 Å². The molecule has 1 fully saturated rings. The molecule has 0 atom stereocenters. The zero-order valence-electron chi connectivity index (χ0n) is 21.3. The summed E-state index contributed by atoms with van der Waals surface area (Å²) in [5.41, 5.74) is 9.38. The molecule has 0 saturated heterocycles. The highest BCUT2D eigenvalue weighted by atomic mass is 15.2. The summed E-state index contributed by atoms with van der Waals surface area (Å²) in [5, 5.41) is 1.31. The van der Waals surface area contributed by atoms with Crippen LogP contribution in [0.4, 0.5) is 5.82 Å². The third-order valence-electron chi connectivity index (χ3n) is 7.36. The summed E-state index contributed by atoms with van der Waals surface area (Å²) >= 11 is 0. The fourth-order valence-corrected chi connectivity index (χ4v) is 5.72. The van der Waals surface area contributed by atoms with Gasteiger partial charge in [0, 0.05) is 25.3 Å². The first-order chi connectivity index (χ1) is 15.8. The number of hydrogen-bond donors (Lipinski definition) is 0. The van der Waals surface area contributed by atoms with Crippen LogP contribution in [0.15, 0.2) is 12.1 Å². The number of rotatable bonds is 7. The van der Waals surface area contributed by atoms with Crippen molar-refractivity contribution in [2.45, 2.75) is 66.2 Å². The number of fused-ring (bicyclic) bond motifs is 3. The van der Waals surface area contributed by atoms with Gasteiger partial charge in [0.1, 0.15) is 11.6 Å². The fraction of sp³-hybridized carbons (Fsp3) is 0.571. The van der Waals surface area contributed by atoms with Crippen molar-refractivity contribution in [1.29, 1.82) is 0 Å². The Kier molecular flexibility index (Phi) is 5.94. The average Bonchev–Trinajstić information content (AvgIpc) is 3.52. The number of aryl methyl sites for hydroxylation is 5. The number of aromatic nitrogens is 3. The molecule has 0 N–H and O–H groups in total. The Morgan fingerprint density at radius 2 is 1.64 bits per heavy atom. The molecule has 2 heterocycles. The van der Waals surface area contributed by atoms with Gasteiger partial charge in [-0.05, 0) is 103 Å². The van der Waals surface area contributed by atoms with Crippen molar-refractivity contribution in [1.82, 2.24) is 19.4 Å². The number of anilines is 1. The summed E-state index contributed by atoms with van der Waals surface area (Å²) in [6, 6.07) is 4.63. The molecule has 2 aromatic heterocycles. The molecule has 2 aliphatic rings. The molecule has 5 nitrogen and oxygen atoms in total. The SMILES string of the molecule is Cc1cc(C)c(-n2c3c(c4c(N(CCN(C)C)CC5CC5)nc(C)nc42)CCCC3)c(C)c1. The number of benzene rings is 1. The van der Waals surface area contributed by atoms with Crippen LogP contribution in [0.5, 0.6) is 0 Å². The summed E-state index contributed by atoms with van der Waals surface area (Å²) in [7, 11) is 4.33. The van der Waals surface area contributed by atoms with Crippen LogP contribution in [0.3, 0.4) is 0 Å². The molecule has 5 heteroatoms. The second kappa shape index (κ2) is 8.75. The quantitative estimate of drug-likeness (QED) is 0.494. The minimum absolute atomic E-state index is 0.817. The lowest BCUT2D eigenvalue weighted by Crippen LogP contribution is -2.34. The lowest BCUT2D eigenvalue weighted by atomic mass is 9.95. The molecular weight excluding hydrogens is 406 g/mol. The van der Waals surface area contributed by atoms with E-state index < -0.39 is 0 Å². The van der Waals surface area contributed by atoms with E-state index in [9.17, 15) is 0 Å². The molecule has 0 bridgehead atoms. The second-order valence-corrected chi connectivity index (χ2v) is 10.7. The van der Waals surface area contributed by atoms with E-state index in [2.05, 4.69) is 68.3 Å². The Labute approximate surface area is 198 Å². The van der Waals surface area contributed by atoms with Gasteiger partial charge in [0.25, 0.3) is 0 Å². The van der Waals surface area contributed by atoms with E-state index in [0.29, 0.717) is 0 Å². The van der Waals surface area contributed by atoms with Crippen molar-refractivity contribution in [2.75, 3.05) is 38.6 Å². The van der Waals surface area contributed by atoms with Crippen molar-refractivity contribution in [3.8, 4) is 5.69 Å². The van der Waals surface area contributed by atoms with E-state index in [-0.39, 0.29) is 0 Å². The zero-order chi connectivity index (χ0) is 23.3. The van der Waals surface area contributed by atoms with Crippen molar-refractivity contribution >= 4 is 16.9 Å². The summed E-state index contributed by atoms with van der Waals surface area (Å²) in [6.07, 6.45) is 7.47. The maximum atomic E-state index is 5.12. The molecule has 176 valence electrons. The molecule has 0 spiro atoms. The normalized spacial score (nSPS) is 16.0. The Hall–Kier alpha value is -2.40. The first-order valence-electron chi connectivity index (χ1n) is 12.7. The van der Waals surface area contributed by atoms with Crippen molar-refractivity contribution in [3.63, 3.8) is 0 Å². The molecule has 2 aliphatic carbocycles. The fourth-order valence-electron chi connectivity index (χ4n) is 5.72. The predicted molar refractivity (Wildman–Crippen MR) is 138 cm³/mol. The van der Waals surface area contributed by atoms with Gasteiger partial charge in [-0.3, -0.25) is 4.57 Å². The second-order valence-electron chi connectivity index (χ2n) is 10.7. The van der Waals surface area contributed by atoms with Gasteiger partial charge in [-0.1, -0.05) is 17.7 Å². The van der Waals surface area contributed by atoms with Gasteiger partial charge in [-0.2, -0.15) is 0 Å². The van der Waals surface area contributed by atoms with Gasteiger partial charge >= 0.3 is 0 Å². The lowest BCUT2D eigenvalue weighted by molar-refractivity contribution is 0.411. The first-order valence-corrected chi connectivity index (χ1v) is 12.7. The molecule has 0 aliphatic heterocycles. The molecule has 0 amide bonds. The van der Waals surface area contributed by atoms with Gasteiger partial charge in [0.15, 0.2) is 5.65 Å². The van der Waals surface area contributed by atoms with Crippen molar-refractivity contribution in [2.24, 2.45) is 5.92 Å². The van der Waals surface area contributed by atoms with Gasteiger partial charge < -0.3 is 9.80 Å². The highest BCUT2D eigenvalue weighted by Crippen LogP contribution is 2.40. The molecule has 0 unspecified atom stereocenters. The average molecular weight is 446 g/mol. The van der Waals surface area contributed by atoms with Crippen LogP contribution in [-0.4, -0.2) is 53.2 Å². The molecule has 1 aromatic carbocycles. The van der Waals surface area contributed by atoms with E-state index in [1.807, 2.05) is 0 Å². The maximum absolute atomic E-state index is 5.12. The third kappa shape index (κ3) is 4.28. The molecule has 0 radical (unpaired) electrons. The van der Waals surface area contributed by atoms with E-state index in [4.69, 9.17) is 9.97 Å². The topological polar surface area (TPSA) is 37.2 Å². The van der Waals surface area contributed by atoms with Crippen molar-refractivity contribution in [3.05, 3.63) is 45.9 Å². The number of likely N-dealkylation sites (N-methyl/N-ethyl adjacent to an activating group) is 1. The zero-order valence-corrected chi connectivity index (χ0v) is 21.3. The van der Waals surface area contributed by atoms with Gasteiger partial charge in [0.2, 0.25) is 0 Å². The number of hydrogen-bond acceptors (Lipinski definition) is 4. The molecule has 3 aromatic rings. The maximum Gasteiger partial charge on any atom is 0.150 e. The lowest BCUT2D eigenvalue weighted by Gasteiger charge is -2.27. The van der Waals surface area contributed by atoms with Crippen LogP contribution in [0.2, 0.25) is 0 Å². The van der Waals surface area contributed by atoms with Gasteiger partial charge in [-0.15, -0.1) is 0 Å². The minimum Gasteiger partial charge on any atom is -0.354 e. The summed E-state index contributed by atoms with van der Waals surface area (Å²) in [5.74, 6) is 2.87. The highest BCUT2D eigenvalue weighted by Gasteiger charge is 2.30. The Morgan fingerprint density at radius 3 is 2.30 bits per heavy atom.